The number of hydrogen-bond donors (Lipinski definition) is 3. The van der Waals surface area contributed by atoms with E-state index in [1.165, 1.54) is 24.3 Å². The first-order valence-corrected chi connectivity index (χ1v) is 15.2. The topological polar surface area (TPSA) is 123 Å². The van der Waals surface area contributed by atoms with Gasteiger partial charge in [0.1, 0.15) is 15.7 Å². The van der Waals surface area contributed by atoms with Crippen molar-refractivity contribution in [2.75, 3.05) is 18.4 Å². The summed E-state index contributed by atoms with van der Waals surface area (Å²) in [7, 11) is -3.84. The average molecular weight is 605 g/mol. The molecule has 12 heteroatoms. The van der Waals surface area contributed by atoms with Crippen LogP contribution in [0, 0.1) is 10.1 Å². The number of para-hydroxylation sites is 1. The third-order valence-electron chi connectivity index (χ3n) is 6.04. The maximum Gasteiger partial charge on any atom is 0.269 e. The van der Waals surface area contributed by atoms with E-state index in [0.717, 1.165) is 22.1 Å². The fourth-order valence-corrected chi connectivity index (χ4v) is 6.78. The number of nitrogens with zero attached hydrogens (tertiary/aromatic N) is 1. The smallest absolute Gasteiger partial charge is 0.269 e. The zero-order valence-electron chi connectivity index (χ0n) is 21.4. The molecule has 1 heterocycles. The summed E-state index contributed by atoms with van der Waals surface area (Å²) in [5, 5.41) is 20.8. The lowest BCUT2D eigenvalue weighted by atomic mass is 10.1. The van der Waals surface area contributed by atoms with Gasteiger partial charge in [-0.3, -0.25) is 10.1 Å². The van der Waals surface area contributed by atoms with E-state index in [1.807, 2.05) is 66.7 Å². The second-order valence-electron chi connectivity index (χ2n) is 8.81. The van der Waals surface area contributed by atoms with E-state index in [2.05, 4.69) is 15.4 Å². The second-order valence-corrected chi connectivity index (χ2v) is 12.1. The lowest BCUT2D eigenvalue weighted by molar-refractivity contribution is -0.384. The van der Waals surface area contributed by atoms with Crippen LogP contribution in [0.2, 0.25) is 0 Å². The van der Waals surface area contributed by atoms with Crippen LogP contribution in [0.1, 0.15) is 0 Å². The quantitative estimate of drug-likeness (QED) is 0.0712. The number of fused-ring (bicyclic) bond motifs is 1. The average Bonchev–Trinajstić information content (AvgIpc) is 3.47. The molecule has 0 fully saturated rings. The standard InChI is InChI=1S/C29H24N4O5S3/c34-33(35)23-12-10-22(11-13-23)32-29(39)30-16-17-31-41(36,37)28-26(15-18-40-28)25-7-3-4-8-27(25)38-24-14-9-20-5-1-2-6-21(20)19-24/h1-15,18-19,31H,16-17H2,(H2,30,32,39). The Bertz CT molecular complexity index is 1820. The van der Waals surface area contributed by atoms with Gasteiger partial charge in [-0.05, 0) is 64.8 Å². The molecule has 5 aromatic rings. The van der Waals surface area contributed by atoms with Crippen LogP contribution >= 0.6 is 23.6 Å². The third kappa shape index (κ3) is 6.87. The highest BCUT2D eigenvalue weighted by Crippen LogP contribution is 2.39. The second kappa shape index (κ2) is 12.4. The van der Waals surface area contributed by atoms with Gasteiger partial charge >= 0.3 is 0 Å². The van der Waals surface area contributed by atoms with Crippen molar-refractivity contribution in [1.82, 2.24) is 10.0 Å². The Hall–Kier alpha value is -4.36. The molecule has 0 aliphatic rings. The molecule has 4 aromatic carbocycles. The van der Waals surface area contributed by atoms with Crippen molar-refractivity contribution in [2.45, 2.75) is 4.21 Å². The van der Waals surface area contributed by atoms with Gasteiger partial charge in [-0.15, -0.1) is 11.3 Å². The van der Waals surface area contributed by atoms with Crippen LogP contribution in [-0.2, 0) is 10.0 Å². The van der Waals surface area contributed by atoms with Crippen molar-refractivity contribution in [3.63, 3.8) is 0 Å². The first-order valence-electron chi connectivity index (χ1n) is 12.4. The van der Waals surface area contributed by atoms with Crippen LogP contribution in [-0.4, -0.2) is 31.5 Å². The molecule has 5 rings (SSSR count). The number of anilines is 1. The summed E-state index contributed by atoms with van der Waals surface area (Å²) in [5.74, 6) is 1.19. The zero-order valence-corrected chi connectivity index (χ0v) is 23.9. The number of thiophene rings is 1. The van der Waals surface area contributed by atoms with Gasteiger partial charge in [0.15, 0.2) is 5.11 Å². The Labute approximate surface area is 246 Å². The van der Waals surface area contributed by atoms with E-state index in [1.54, 1.807) is 11.4 Å². The van der Waals surface area contributed by atoms with E-state index in [9.17, 15) is 18.5 Å². The van der Waals surface area contributed by atoms with Gasteiger partial charge in [0.2, 0.25) is 0 Å². The molecular formula is C29H24N4O5S3. The molecule has 0 aliphatic heterocycles. The molecule has 3 N–H and O–H groups in total. The van der Waals surface area contributed by atoms with E-state index in [0.29, 0.717) is 28.3 Å². The number of thiocarbonyl (C=S) groups is 1. The molecule has 0 atom stereocenters. The fraction of sp³-hybridized carbons (Fsp3) is 0.0690. The number of rotatable bonds is 10. The van der Waals surface area contributed by atoms with Crippen LogP contribution in [0.4, 0.5) is 11.4 Å². The number of ether oxygens (including phenoxy) is 1. The molecule has 41 heavy (non-hydrogen) atoms. The molecule has 0 amide bonds. The lowest BCUT2D eigenvalue weighted by Crippen LogP contribution is -2.36. The summed E-state index contributed by atoms with van der Waals surface area (Å²) in [6, 6.07) is 28.7. The van der Waals surface area contributed by atoms with Gasteiger partial charge in [0.05, 0.1) is 4.92 Å². The molecule has 1 aromatic heterocycles. The summed E-state index contributed by atoms with van der Waals surface area (Å²) in [4.78, 5) is 10.3. The molecule has 0 radical (unpaired) electrons. The van der Waals surface area contributed by atoms with Crippen LogP contribution in [0.15, 0.2) is 107 Å². The van der Waals surface area contributed by atoms with Crippen molar-refractivity contribution in [3.8, 4) is 22.6 Å². The van der Waals surface area contributed by atoms with E-state index in [-0.39, 0.29) is 28.1 Å². The Morgan fingerprint density at radius 3 is 2.39 bits per heavy atom. The van der Waals surface area contributed by atoms with Gasteiger partial charge in [0.25, 0.3) is 15.7 Å². The summed E-state index contributed by atoms with van der Waals surface area (Å²) in [6.07, 6.45) is 0. The van der Waals surface area contributed by atoms with Gasteiger partial charge in [-0.1, -0.05) is 48.5 Å². The molecule has 0 bridgehead atoms. The predicted octanol–water partition coefficient (Wildman–Crippen LogP) is 6.53. The largest absolute Gasteiger partial charge is 0.457 e. The first-order chi connectivity index (χ1) is 19.8. The van der Waals surface area contributed by atoms with Crippen LogP contribution in [0.5, 0.6) is 11.5 Å². The molecule has 0 aliphatic carbocycles. The Kier molecular flexibility index (Phi) is 8.55. The molecule has 0 spiro atoms. The van der Waals surface area contributed by atoms with Gasteiger partial charge in [0, 0.05) is 42.0 Å². The summed E-state index contributed by atoms with van der Waals surface area (Å²) >= 11 is 6.37. The van der Waals surface area contributed by atoms with Crippen LogP contribution < -0.4 is 20.1 Å². The maximum absolute atomic E-state index is 13.3. The Balaban J connectivity index is 1.23. The SMILES string of the molecule is O=[N+]([O-])c1ccc(NC(=S)NCCNS(=O)(=O)c2sccc2-c2ccccc2Oc2ccc3ccccc3c2)cc1. The zero-order chi connectivity index (χ0) is 28.8. The third-order valence-corrected chi connectivity index (χ3v) is 9.23. The summed E-state index contributed by atoms with van der Waals surface area (Å²) in [5.41, 5.74) is 1.75. The molecule has 0 saturated heterocycles. The minimum atomic E-state index is -3.84. The van der Waals surface area contributed by atoms with Gasteiger partial charge in [-0.25, -0.2) is 13.1 Å². The normalized spacial score (nSPS) is 11.2. The molecule has 0 unspecified atom stereocenters. The number of benzene rings is 4. The number of nitrogens with one attached hydrogen (secondary N) is 3. The fourth-order valence-electron chi connectivity index (χ4n) is 4.11. The van der Waals surface area contributed by atoms with Crippen molar-refractivity contribution < 1.29 is 18.1 Å². The highest BCUT2D eigenvalue weighted by atomic mass is 32.2. The van der Waals surface area contributed by atoms with Crippen molar-refractivity contribution in [3.05, 3.63) is 113 Å². The minimum Gasteiger partial charge on any atom is -0.457 e. The van der Waals surface area contributed by atoms with Gasteiger partial charge in [-0.2, -0.15) is 0 Å². The van der Waals surface area contributed by atoms with Gasteiger partial charge < -0.3 is 15.4 Å². The van der Waals surface area contributed by atoms with E-state index >= 15 is 0 Å². The lowest BCUT2D eigenvalue weighted by Gasteiger charge is -2.14. The minimum absolute atomic E-state index is 0.0281. The number of nitro benzene ring substituents is 1. The number of nitro groups is 1. The number of non-ortho nitro benzene ring substituents is 1. The van der Waals surface area contributed by atoms with E-state index < -0.39 is 14.9 Å². The molecule has 0 saturated carbocycles. The molecule has 9 nitrogen and oxygen atoms in total. The molecule has 208 valence electrons. The highest BCUT2D eigenvalue weighted by molar-refractivity contribution is 7.91. The predicted molar refractivity (Wildman–Crippen MR) is 166 cm³/mol. The highest BCUT2D eigenvalue weighted by Gasteiger charge is 2.23. The van der Waals surface area contributed by atoms with Crippen LogP contribution in [0.25, 0.3) is 21.9 Å². The van der Waals surface area contributed by atoms with Crippen LogP contribution in [0.3, 0.4) is 0 Å². The number of hydrogen-bond acceptors (Lipinski definition) is 7. The summed E-state index contributed by atoms with van der Waals surface area (Å²) in [6.45, 7) is 0.303. The Morgan fingerprint density at radius 1 is 0.878 bits per heavy atom. The monoisotopic (exact) mass is 604 g/mol. The molecular weight excluding hydrogens is 581 g/mol. The maximum atomic E-state index is 13.3. The first kappa shape index (κ1) is 28.2. The summed E-state index contributed by atoms with van der Waals surface area (Å²) < 4.78 is 35.5. The Morgan fingerprint density at radius 2 is 1.61 bits per heavy atom. The van der Waals surface area contributed by atoms with Crippen molar-refractivity contribution in [1.29, 1.82) is 0 Å². The van der Waals surface area contributed by atoms with Crippen molar-refractivity contribution in [2.24, 2.45) is 0 Å². The number of sulfonamides is 1. The van der Waals surface area contributed by atoms with E-state index in [4.69, 9.17) is 17.0 Å². The van der Waals surface area contributed by atoms with Crippen molar-refractivity contribution >= 4 is 60.8 Å².